The van der Waals surface area contributed by atoms with Crippen LogP contribution in [0.15, 0.2) is 12.2 Å². The molecule has 1 atom stereocenters. The Kier molecular flexibility index (Phi) is 14.5. The van der Waals surface area contributed by atoms with Crippen LogP contribution >= 0.6 is 0 Å². The Labute approximate surface area is 135 Å². The van der Waals surface area contributed by atoms with Crippen LogP contribution in [0.1, 0.15) is 64.7 Å². The number of allylic oxidation sites excluding steroid dienone is 2. The van der Waals surface area contributed by atoms with Crippen molar-refractivity contribution < 1.29 is 14.6 Å². The maximum Gasteiger partial charge on any atom is 0.334 e. The molecule has 0 aromatic heterocycles. The van der Waals surface area contributed by atoms with Crippen LogP contribution in [0.25, 0.3) is 0 Å². The number of rotatable bonds is 9. The van der Waals surface area contributed by atoms with E-state index in [9.17, 15) is 9.90 Å². The minimum absolute atomic E-state index is 0.452. The van der Waals surface area contributed by atoms with Crippen LogP contribution in [-0.4, -0.2) is 24.3 Å². The number of hydrogen-bond acceptors (Lipinski definition) is 3. The minimum Gasteiger partial charge on any atom is -0.467 e. The van der Waals surface area contributed by atoms with Crippen LogP contribution in [-0.2, 0) is 9.53 Å². The number of unbranched alkanes of at least 4 members (excludes halogenated alkanes) is 6. The third kappa shape index (κ3) is 13.3. The summed E-state index contributed by atoms with van der Waals surface area (Å²) < 4.78 is 4.45. The maximum atomic E-state index is 11.0. The molecule has 0 spiro atoms. The van der Waals surface area contributed by atoms with E-state index >= 15 is 0 Å². The molecular formula is C19H28O3. The van der Waals surface area contributed by atoms with Gasteiger partial charge in [0.15, 0.2) is 6.10 Å². The van der Waals surface area contributed by atoms with Crippen LogP contribution in [0.5, 0.6) is 0 Å². The van der Waals surface area contributed by atoms with E-state index in [0.717, 1.165) is 32.1 Å². The normalized spacial score (nSPS) is 11.2. The van der Waals surface area contributed by atoms with Crippen molar-refractivity contribution in [3.8, 4) is 23.7 Å². The molecular weight excluding hydrogens is 276 g/mol. The minimum atomic E-state index is -0.991. The first kappa shape index (κ1) is 20.3. The molecule has 0 heterocycles. The van der Waals surface area contributed by atoms with Crippen molar-refractivity contribution in [3.05, 3.63) is 12.2 Å². The molecule has 122 valence electrons. The van der Waals surface area contributed by atoms with E-state index in [1.807, 2.05) is 0 Å². The predicted molar refractivity (Wildman–Crippen MR) is 89.9 cm³/mol. The third-order valence-corrected chi connectivity index (χ3v) is 3.11. The molecule has 3 heteroatoms. The van der Waals surface area contributed by atoms with Gasteiger partial charge >= 0.3 is 5.97 Å². The van der Waals surface area contributed by atoms with E-state index in [4.69, 9.17) is 0 Å². The van der Waals surface area contributed by atoms with Crippen molar-refractivity contribution in [3.63, 3.8) is 0 Å². The number of aliphatic hydroxyl groups excluding tert-OH is 1. The molecule has 1 unspecified atom stereocenters. The van der Waals surface area contributed by atoms with E-state index in [1.54, 1.807) is 12.2 Å². The Bertz CT molecular complexity index is 429. The lowest BCUT2D eigenvalue weighted by atomic mass is 10.1. The van der Waals surface area contributed by atoms with Crippen molar-refractivity contribution in [2.45, 2.75) is 70.8 Å². The number of ether oxygens (including phenoxy) is 1. The number of esters is 1. The van der Waals surface area contributed by atoms with Gasteiger partial charge in [0.05, 0.1) is 7.11 Å². The monoisotopic (exact) mass is 304 g/mol. The molecule has 0 aromatic rings. The molecule has 0 fully saturated rings. The van der Waals surface area contributed by atoms with E-state index in [2.05, 4.69) is 35.3 Å². The smallest absolute Gasteiger partial charge is 0.334 e. The summed E-state index contributed by atoms with van der Waals surface area (Å²) in [6.07, 6.45) is 11.2. The zero-order valence-corrected chi connectivity index (χ0v) is 13.9. The Morgan fingerprint density at radius 1 is 1.05 bits per heavy atom. The molecule has 0 rings (SSSR count). The lowest BCUT2D eigenvalue weighted by Gasteiger charge is -2.06. The van der Waals surface area contributed by atoms with Crippen LogP contribution in [0, 0.1) is 23.7 Å². The first-order valence-corrected chi connectivity index (χ1v) is 8.10. The zero-order chi connectivity index (χ0) is 16.5. The van der Waals surface area contributed by atoms with Crippen LogP contribution in [0.3, 0.4) is 0 Å². The highest BCUT2D eigenvalue weighted by molar-refractivity contribution is 5.74. The molecule has 0 saturated heterocycles. The van der Waals surface area contributed by atoms with E-state index in [0.29, 0.717) is 6.42 Å². The van der Waals surface area contributed by atoms with E-state index in [-0.39, 0.29) is 0 Å². The molecule has 0 radical (unpaired) electrons. The maximum absolute atomic E-state index is 11.0. The van der Waals surface area contributed by atoms with Gasteiger partial charge in [0.25, 0.3) is 0 Å². The van der Waals surface area contributed by atoms with E-state index in [1.165, 1.54) is 26.4 Å². The van der Waals surface area contributed by atoms with Gasteiger partial charge in [0, 0.05) is 12.8 Å². The van der Waals surface area contributed by atoms with Gasteiger partial charge in [-0.1, -0.05) is 56.3 Å². The van der Waals surface area contributed by atoms with Crippen LogP contribution < -0.4 is 0 Å². The van der Waals surface area contributed by atoms with E-state index < -0.39 is 12.1 Å². The summed E-state index contributed by atoms with van der Waals surface area (Å²) in [6.45, 7) is 2.18. The van der Waals surface area contributed by atoms with Crippen molar-refractivity contribution in [2.24, 2.45) is 0 Å². The van der Waals surface area contributed by atoms with Crippen molar-refractivity contribution >= 4 is 5.97 Å². The highest BCUT2D eigenvalue weighted by Gasteiger charge is 2.13. The second kappa shape index (κ2) is 15.7. The third-order valence-electron chi connectivity index (χ3n) is 3.11. The summed E-state index contributed by atoms with van der Waals surface area (Å²) >= 11 is 0. The summed E-state index contributed by atoms with van der Waals surface area (Å²) in [5.74, 6) is 11.5. The Balaban J connectivity index is 3.54. The Hall–Kier alpha value is -1.71. The number of carbonyl (C=O) groups is 1. The SMILES string of the molecule is CCCCCC#CC=CC#CCCCCCC(O)C(=O)OC. The van der Waals surface area contributed by atoms with Gasteiger partial charge in [-0.2, -0.15) is 0 Å². The van der Waals surface area contributed by atoms with Gasteiger partial charge in [0.2, 0.25) is 0 Å². The summed E-state index contributed by atoms with van der Waals surface area (Å²) in [6, 6.07) is 0. The fourth-order valence-electron chi connectivity index (χ4n) is 1.79. The first-order chi connectivity index (χ1) is 10.7. The predicted octanol–water partition coefficient (Wildman–Crippen LogP) is 3.61. The molecule has 0 bridgehead atoms. The van der Waals surface area contributed by atoms with Crippen LogP contribution in [0.2, 0.25) is 0 Å². The van der Waals surface area contributed by atoms with Gasteiger partial charge in [-0.15, -0.1) is 0 Å². The van der Waals surface area contributed by atoms with Crippen LogP contribution in [0.4, 0.5) is 0 Å². The second-order valence-electron chi connectivity index (χ2n) is 5.07. The largest absolute Gasteiger partial charge is 0.467 e. The summed E-state index contributed by atoms with van der Waals surface area (Å²) in [4.78, 5) is 11.0. The highest BCUT2D eigenvalue weighted by atomic mass is 16.5. The molecule has 1 N–H and O–H groups in total. The van der Waals surface area contributed by atoms with Crippen molar-refractivity contribution in [1.29, 1.82) is 0 Å². The van der Waals surface area contributed by atoms with Gasteiger partial charge in [-0.3, -0.25) is 0 Å². The highest BCUT2D eigenvalue weighted by Crippen LogP contribution is 2.06. The standard InChI is InChI=1S/C19H28O3/c1-3-4-5-6-7-8-9-10-11-12-13-14-15-16-17-18(20)19(21)22-2/h9-10,18,20H,3-6,13-17H2,1-2H3. The lowest BCUT2D eigenvalue weighted by Crippen LogP contribution is -2.21. The number of aliphatic hydroxyl groups is 1. The van der Waals surface area contributed by atoms with Gasteiger partial charge in [-0.05, 0) is 31.4 Å². The molecule has 0 aliphatic rings. The number of methoxy groups -OCH3 is 1. The molecule has 0 amide bonds. The average Bonchev–Trinajstić information content (AvgIpc) is 2.54. The lowest BCUT2D eigenvalue weighted by molar-refractivity contribution is -0.150. The summed E-state index contributed by atoms with van der Waals surface area (Å²) in [5, 5.41) is 9.38. The quantitative estimate of drug-likeness (QED) is 0.402. The van der Waals surface area contributed by atoms with Gasteiger partial charge in [-0.25, -0.2) is 4.79 Å². The molecule has 3 nitrogen and oxygen atoms in total. The molecule has 0 aliphatic heterocycles. The second-order valence-corrected chi connectivity index (χ2v) is 5.07. The fourth-order valence-corrected chi connectivity index (χ4v) is 1.79. The summed E-state index contributed by atoms with van der Waals surface area (Å²) in [7, 11) is 1.28. The molecule has 0 saturated carbocycles. The van der Waals surface area contributed by atoms with Crippen molar-refractivity contribution in [2.75, 3.05) is 7.11 Å². The van der Waals surface area contributed by atoms with Crippen molar-refractivity contribution in [1.82, 2.24) is 0 Å². The number of carbonyl (C=O) groups excluding carboxylic acids is 1. The molecule has 22 heavy (non-hydrogen) atoms. The number of hydrogen-bond donors (Lipinski definition) is 1. The fraction of sp³-hybridized carbons (Fsp3) is 0.632. The zero-order valence-electron chi connectivity index (χ0n) is 13.9. The van der Waals surface area contributed by atoms with Gasteiger partial charge < -0.3 is 9.84 Å². The Morgan fingerprint density at radius 3 is 2.18 bits per heavy atom. The molecule has 0 aliphatic carbocycles. The average molecular weight is 304 g/mol. The Morgan fingerprint density at radius 2 is 1.64 bits per heavy atom. The first-order valence-electron chi connectivity index (χ1n) is 8.10. The topological polar surface area (TPSA) is 46.5 Å². The van der Waals surface area contributed by atoms with Gasteiger partial charge in [0.1, 0.15) is 0 Å². The summed E-state index contributed by atoms with van der Waals surface area (Å²) in [5.41, 5.74) is 0. The molecule has 0 aromatic carbocycles.